The number of phosphoric ester groups is 2. The van der Waals surface area contributed by atoms with Gasteiger partial charge >= 0.3 is 39.5 Å². The van der Waals surface area contributed by atoms with Crippen molar-refractivity contribution in [2.24, 2.45) is 17.8 Å². The first-order valence-corrected chi connectivity index (χ1v) is 30.8. The van der Waals surface area contributed by atoms with E-state index in [-0.39, 0.29) is 25.7 Å². The molecule has 0 rings (SSSR count). The summed E-state index contributed by atoms with van der Waals surface area (Å²) in [4.78, 5) is 71.3. The van der Waals surface area contributed by atoms with Crippen LogP contribution in [-0.2, 0) is 65.4 Å². The predicted octanol–water partition coefficient (Wildman–Crippen LogP) is 13.2. The van der Waals surface area contributed by atoms with Crippen LogP contribution in [0.15, 0.2) is 0 Å². The maximum absolute atomic E-state index is 12.8. The lowest BCUT2D eigenvalue weighted by atomic mass is 10.0. The van der Waals surface area contributed by atoms with Crippen LogP contribution >= 0.6 is 15.6 Å². The molecule has 0 aromatic heterocycles. The Balaban J connectivity index is 5.19. The highest BCUT2D eigenvalue weighted by Gasteiger charge is 2.30. The van der Waals surface area contributed by atoms with Gasteiger partial charge in [-0.1, -0.05) is 190 Å². The lowest BCUT2D eigenvalue weighted by Crippen LogP contribution is -2.30. The minimum atomic E-state index is -4.93. The summed E-state index contributed by atoms with van der Waals surface area (Å²) in [6.07, 6.45) is 22.0. The molecule has 0 bridgehead atoms. The second-order valence-electron chi connectivity index (χ2n) is 20.7. The summed E-state index contributed by atoms with van der Waals surface area (Å²) < 4.78 is 67.2. The van der Waals surface area contributed by atoms with Crippen molar-refractivity contribution in [3.63, 3.8) is 0 Å². The van der Waals surface area contributed by atoms with Gasteiger partial charge in [-0.05, 0) is 43.4 Å². The fraction of sp³-hybridized carbons (Fsp3) is 0.925. The van der Waals surface area contributed by atoms with Crippen molar-refractivity contribution in [3.05, 3.63) is 0 Å². The predicted molar refractivity (Wildman–Crippen MR) is 280 cm³/mol. The van der Waals surface area contributed by atoms with Crippen LogP contribution in [0.2, 0.25) is 0 Å². The minimum absolute atomic E-state index is 0.100. The van der Waals surface area contributed by atoms with E-state index in [0.717, 1.165) is 103 Å². The molecule has 0 aliphatic carbocycles. The number of aliphatic hydroxyl groups excluding tert-OH is 1. The Morgan fingerprint density at radius 1 is 0.375 bits per heavy atom. The van der Waals surface area contributed by atoms with Gasteiger partial charge < -0.3 is 33.8 Å². The Bertz CT molecular complexity index is 1460. The summed E-state index contributed by atoms with van der Waals surface area (Å²) in [6.45, 7) is 11.3. The number of esters is 4. The van der Waals surface area contributed by atoms with Gasteiger partial charge in [0.15, 0.2) is 12.2 Å². The van der Waals surface area contributed by atoms with Crippen LogP contribution in [0, 0.1) is 17.8 Å². The van der Waals surface area contributed by atoms with E-state index in [1.807, 2.05) is 0 Å². The van der Waals surface area contributed by atoms with Crippen LogP contribution in [0.25, 0.3) is 0 Å². The van der Waals surface area contributed by atoms with Gasteiger partial charge in [0.2, 0.25) is 0 Å². The molecule has 17 nitrogen and oxygen atoms in total. The molecule has 0 fully saturated rings. The first kappa shape index (κ1) is 70.1. The molecule has 3 N–H and O–H groups in total. The summed E-state index contributed by atoms with van der Waals surface area (Å²) in [5.74, 6) is -0.154. The fourth-order valence-electron chi connectivity index (χ4n) is 7.54. The molecule has 0 radical (unpaired) electrons. The van der Waals surface area contributed by atoms with Crippen LogP contribution in [0.5, 0.6) is 0 Å². The summed E-state index contributed by atoms with van der Waals surface area (Å²) in [7, 11) is -9.85. The number of hydrogen-bond donors (Lipinski definition) is 3. The number of aliphatic hydroxyl groups is 1. The van der Waals surface area contributed by atoms with Gasteiger partial charge in [0, 0.05) is 25.7 Å². The van der Waals surface area contributed by atoms with Gasteiger partial charge in [0.05, 0.1) is 26.4 Å². The van der Waals surface area contributed by atoms with Gasteiger partial charge in [-0.25, -0.2) is 9.13 Å². The van der Waals surface area contributed by atoms with E-state index in [4.69, 9.17) is 37.0 Å². The fourth-order valence-corrected chi connectivity index (χ4v) is 9.12. The smallest absolute Gasteiger partial charge is 0.462 e. The van der Waals surface area contributed by atoms with Crippen molar-refractivity contribution >= 4 is 39.5 Å². The zero-order valence-electron chi connectivity index (χ0n) is 45.9. The molecule has 0 aliphatic heterocycles. The van der Waals surface area contributed by atoms with Crippen molar-refractivity contribution in [3.8, 4) is 0 Å². The van der Waals surface area contributed by atoms with E-state index >= 15 is 0 Å². The highest BCUT2D eigenvalue weighted by Crippen LogP contribution is 2.45. The molecule has 72 heavy (non-hydrogen) atoms. The molecule has 2 unspecified atom stereocenters. The Kier molecular flexibility index (Phi) is 44.1. The topological polar surface area (TPSA) is 237 Å². The van der Waals surface area contributed by atoms with Crippen molar-refractivity contribution in [2.75, 3.05) is 39.6 Å². The van der Waals surface area contributed by atoms with Crippen LogP contribution in [0.1, 0.15) is 241 Å². The molecule has 0 heterocycles. The number of phosphoric acid groups is 2. The average molecular weight is 1070 g/mol. The maximum Gasteiger partial charge on any atom is 0.472 e. The van der Waals surface area contributed by atoms with Gasteiger partial charge in [-0.2, -0.15) is 0 Å². The Morgan fingerprint density at radius 2 is 0.639 bits per heavy atom. The van der Waals surface area contributed by atoms with Crippen LogP contribution in [-0.4, -0.2) is 96.7 Å². The molecule has 426 valence electrons. The molecule has 5 atom stereocenters. The van der Waals surface area contributed by atoms with E-state index in [2.05, 4.69) is 48.5 Å². The molecule has 0 aliphatic rings. The molecular formula is C53H102O17P2. The zero-order chi connectivity index (χ0) is 53.9. The second-order valence-corrected chi connectivity index (χ2v) is 23.6. The Labute approximate surface area is 435 Å². The van der Waals surface area contributed by atoms with Crippen molar-refractivity contribution < 1.29 is 80.2 Å². The number of carbonyl (C=O) groups is 4. The number of rotatable bonds is 51. The van der Waals surface area contributed by atoms with Gasteiger partial charge in [0.1, 0.15) is 19.3 Å². The normalized spacial score (nSPS) is 14.7. The number of carbonyl (C=O) groups excluding carboxylic acids is 4. The Hall–Kier alpha value is -1.94. The first-order chi connectivity index (χ1) is 34.2. The monoisotopic (exact) mass is 1070 g/mol. The summed E-state index contributed by atoms with van der Waals surface area (Å²) in [6, 6.07) is 0. The lowest BCUT2D eigenvalue weighted by Gasteiger charge is -2.21. The molecule has 0 aromatic rings. The van der Waals surface area contributed by atoms with E-state index in [9.17, 15) is 43.2 Å². The SMILES string of the molecule is CCCCCCCC(=O)OC[C@H](COP(=O)(O)OC[C@H](O)COP(=O)(O)OC[C@@H](COC(=O)CCCCCCCCC(C)C)OC(=O)CCCCCCCCC(C)C)OC(=O)CCCCCCCCC(C)C. The molecule has 0 saturated carbocycles. The van der Waals surface area contributed by atoms with Crippen molar-refractivity contribution in [2.45, 2.75) is 259 Å². The molecular weight excluding hydrogens is 971 g/mol. The Morgan fingerprint density at radius 3 is 0.944 bits per heavy atom. The maximum atomic E-state index is 12.8. The second kappa shape index (κ2) is 45.3. The largest absolute Gasteiger partial charge is 0.472 e. The highest BCUT2D eigenvalue weighted by molar-refractivity contribution is 7.47. The summed E-state index contributed by atoms with van der Waals surface area (Å²) in [5.41, 5.74) is 0. The average Bonchev–Trinajstić information content (AvgIpc) is 3.31. The zero-order valence-corrected chi connectivity index (χ0v) is 47.7. The van der Waals surface area contributed by atoms with Crippen molar-refractivity contribution in [1.29, 1.82) is 0 Å². The first-order valence-electron chi connectivity index (χ1n) is 27.8. The van der Waals surface area contributed by atoms with Crippen LogP contribution in [0.3, 0.4) is 0 Å². The van der Waals surface area contributed by atoms with Gasteiger partial charge in [0.25, 0.3) is 0 Å². The number of hydrogen-bond acceptors (Lipinski definition) is 15. The third-order valence-corrected chi connectivity index (χ3v) is 13.8. The van der Waals surface area contributed by atoms with E-state index in [0.29, 0.717) is 43.4 Å². The lowest BCUT2D eigenvalue weighted by molar-refractivity contribution is -0.161. The van der Waals surface area contributed by atoms with Gasteiger partial charge in [-0.15, -0.1) is 0 Å². The quantitative estimate of drug-likeness (QED) is 0.0222. The van der Waals surface area contributed by atoms with Gasteiger partial charge in [-0.3, -0.25) is 37.3 Å². The van der Waals surface area contributed by atoms with Crippen molar-refractivity contribution in [1.82, 2.24) is 0 Å². The number of ether oxygens (including phenoxy) is 4. The molecule has 0 aromatic carbocycles. The number of unbranched alkanes of at least 4 members (excludes halogenated alkanes) is 19. The molecule has 0 spiro atoms. The molecule has 0 amide bonds. The summed E-state index contributed by atoms with van der Waals surface area (Å²) >= 11 is 0. The minimum Gasteiger partial charge on any atom is -0.462 e. The molecule has 19 heteroatoms. The van der Waals surface area contributed by atoms with Crippen LogP contribution < -0.4 is 0 Å². The van der Waals surface area contributed by atoms with E-state index in [1.165, 1.54) is 38.5 Å². The highest BCUT2D eigenvalue weighted by atomic mass is 31.2. The van der Waals surface area contributed by atoms with E-state index < -0.39 is 97.5 Å². The summed E-state index contributed by atoms with van der Waals surface area (Å²) in [5, 5.41) is 10.4. The molecule has 0 saturated heterocycles. The van der Waals surface area contributed by atoms with Crippen LogP contribution in [0.4, 0.5) is 0 Å². The third kappa shape index (κ3) is 47.8. The van der Waals surface area contributed by atoms with E-state index in [1.54, 1.807) is 0 Å². The standard InChI is InChI=1S/C53H102O17P2/c1-8-9-10-17-27-34-50(55)63-40-48(69-52(57)36-29-22-15-12-19-25-32-45(4)5)42-67-71(59,60)65-38-47(54)39-66-72(61,62)68-43-49(70-53(58)37-30-23-16-13-20-26-33-46(6)7)41-64-51(56)35-28-21-14-11-18-24-31-44(2)3/h44-49,54H,8-43H2,1-7H3,(H,59,60)(H,61,62)/t47-,48+,49+/m0/s1. The third-order valence-electron chi connectivity index (χ3n) is 11.9.